The Hall–Kier alpha value is -1.42. The molecule has 0 amide bonds. The molecule has 0 atom stereocenters. The molecule has 0 spiro atoms. The van der Waals surface area contributed by atoms with Crippen LogP contribution in [0.15, 0.2) is 30.3 Å². The normalized spacial score (nSPS) is 18.4. The van der Waals surface area contributed by atoms with Crippen LogP contribution in [0.1, 0.15) is 44.9 Å². The number of hydrogen-bond donors (Lipinski definition) is 1. The molecule has 0 aliphatic heterocycles. The highest BCUT2D eigenvalue weighted by Gasteiger charge is 2.33. The summed E-state index contributed by atoms with van der Waals surface area (Å²) < 4.78 is 2.79. The molecule has 0 unspecified atom stereocenters. The molecule has 3 rings (SSSR count). The summed E-state index contributed by atoms with van der Waals surface area (Å²) in [7, 11) is 0. The van der Waals surface area contributed by atoms with Gasteiger partial charge in [-0.2, -0.15) is 5.10 Å². The van der Waals surface area contributed by atoms with Gasteiger partial charge in [-0.15, -0.1) is 0 Å². The van der Waals surface area contributed by atoms with E-state index in [9.17, 15) is 0 Å². The SMILES string of the molecule is CC1(c2n[nH]c(=S)n2-c2ccccc2)CCCCC1. The third-order valence-corrected chi connectivity index (χ3v) is 4.46. The summed E-state index contributed by atoms with van der Waals surface area (Å²) in [4.78, 5) is 0. The third-order valence-electron chi connectivity index (χ3n) is 4.18. The standard InChI is InChI=1S/C15H19N3S/c1-15(10-6-3-7-11-15)13-16-17-14(19)18(13)12-8-4-2-5-9-12/h2,4-5,8-9H,3,6-7,10-11H2,1H3,(H,17,19). The smallest absolute Gasteiger partial charge is 0.199 e. The number of aromatic nitrogens is 3. The zero-order chi connectivity index (χ0) is 13.3. The number of benzene rings is 1. The van der Waals surface area contributed by atoms with Gasteiger partial charge >= 0.3 is 0 Å². The minimum atomic E-state index is 0.141. The largest absolute Gasteiger partial charge is 0.272 e. The summed E-state index contributed by atoms with van der Waals surface area (Å²) in [6.45, 7) is 2.32. The maximum absolute atomic E-state index is 5.42. The first-order valence-corrected chi connectivity index (χ1v) is 7.35. The molecule has 1 fully saturated rings. The molecule has 1 aromatic carbocycles. The van der Waals surface area contributed by atoms with Crippen LogP contribution in [0.5, 0.6) is 0 Å². The van der Waals surface area contributed by atoms with Crippen LogP contribution in [0.25, 0.3) is 5.69 Å². The summed E-state index contributed by atoms with van der Waals surface area (Å²) in [5.74, 6) is 1.09. The van der Waals surface area contributed by atoms with E-state index in [-0.39, 0.29) is 5.41 Å². The fourth-order valence-corrected chi connectivity index (χ4v) is 3.31. The van der Waals surface area contributed by atoms with Crippen LogP contribution in [0.4, 0.5) is 0 Å². The van der Waals surface area contributed by atoms with Gasteiger partial charge in [0.2, 0.25) is 0 Å². The molecule has 1 aliphatic carbocycles. The molecule has 3 nitrogen and oxygen atoms in total. The van der Waals surface area contributed by atoms with Gasteiger partial charge in [0.05, 0.1) is 0 Å². The molecule has 19 heavy (non-hydrogen) atoms. The van der Waals surface area contributed by atoms with E-state index in [4.69, 9.17) is 12.2 Å². The van der Waals surface area contributed by atoms with Crippen molar-refractivity contribution >= 4 is 12.2 Å². The number of hydrogen-bond acceptors (Lipinski definition) is 2. The van der Waals surface area contributed by atoms with Gasteiger partial charge in [-0.3, -0.25) is 9.67 Å². The van der Waals surface area contributed by atoms with E-state index in [1.165, 1.54) is 32.1 Å². The second kappa shape index (κ2) is 4.93. The molecular weight excluding hydrogens is 254 g/mol. The van der Waals surface area contributed by atoms with Crippen molar-refractivity contribution in [1.29, 1.82) is 0 Å². The zero-order valence-corrected chi connectivity index (χ0v) is 12.0. The minimum Gasteiger partial charge on any atom is -0.272 e. The molecule has 1 N–H and O–H groups in total. The van der Waals surface area contributed by atoms with Gasteiger partial charge in [-0.05, 0) is 37.2 Å². The van der Waals surface area contributed by atoms with Gasteiger partial charge in [0, 0.05) is 11.1 Å². The lowest BCUT2D eigenvalue weighted by Crippen LogP contribution is -2.29. The van der Waals surface area contributed by atoms with E-state index in [0.717, 1.165) is 11.5 Å². The monoisotopic (exact) mass is 273 g/mol. The summed E-state index contributed by atoms with van der Waals surface area (Å²) in [5, 5.41) is 7.51. The molecule has 4 heteroatoms. The predicted octanol–water partition coefficient (Wildman–Crippen LogP) is 4.15. The first kappa shape index (κ1) is 12.6. The van der Waals surface area contributed by atoms with Gasteiger partial charge < -0.3 is 0 Å². The van der Waals surface area contributed by atoms with E-state index in [1.807, 2.05) is 18.2 Å². The van der Waals surface area contributed by atoms with Crippen molar-refractivity contribution in [2.45, 2.75) is 44.4 Å². The van der Waals surface area contributed by atoms with Gasteiger partial charge in [0.15, 0.2) is 4.77 Å². The Morgan fingerprint density at radius 3 is 2.53 bits per heavy atom. The van der Waals surface area contributed by atoms with Crippen molar-refractivity contribution < 1.29 is 0 Å². The molecular formula is C15H19N3S. The van der Waals surface area contributed by atoms with E-state index in [2.05, 4.69) is 33.8 Å². The summed E-state index contributed by atoms with van der Waals surface area (Å²) in [5.41, 5.74) is 1.24. The van der Waals surface area contributed by atoms with E-state index >= 15 is 0 Å². The van der Waals surface area contributed by atoms with Crippen LogP contribution >= 0.6 is 12.2 Å². The van der Waals surface area contributed by atoms with Crippen molar-refractivity contribution in [2.24, 2.45) is 0 Å². The molecule has 0 saturated heterocycles. The quantitative estimate of drug-likeness (QED) is 0.834. The molecule has 2 aromatic rings. The van der Waals surface area contributed by atoms with Crippen LogP contribution in [-0.4, -0.2) is 14.8 Å². The maximum Gasteiger partial charge on any atom is 0.199 e. The molecule has 0 radical (unpaired) electrons. The highest BCUT2D eigenvalue weighted by atomic mass is 32.1. The highest BCUT2D eigenvalue weighted by Crippen LogP contribution is 2.38. The molecule has 1 aliphatic rings. The van der Waals surface area contributed by atoms with Crippen LogP contribution < -0.4 is 0 Å². The summed E-state index contributed by atoms with van der Waals surface area (Å²) >= 11 is 5.42. The molecule has 100 valence electrons. The summed E-state index contributed by atoms with van der Waals surface area (Å²) in [6, 6.07) is 10.3. The topological polar surface area (TPSA) is 33.6 Å². The Labute approximate surface area is 118 Å². The number of para-hydroxylation sites is 1. The Kier molecular flexibility index (Phi) is 3.27. The van der Waals surface area contributed by atoms with Crippen molar-refractivity contribution in [3.8, 4) is 5.69 Å². The lowest BCUT2D eigenvalue weighted by atomic mass is 9.75. The number of rotatable bonds is 2. The minimum absolute atomic E-state index is 0.141. The molecule has 1 aromatic heterocycles. The summed E-state index contributed by atoms with van der Waals surface area (Å²) in [6.07, 6.45) is 6.29. The lowest BCUT2D eigenvalue weighted by molar-refractivity contribution is 0.300. The third kappa shape index (κ3) is 2.25. The van der Waals surface area contributed by atoms with Gasteiger partial charge in [-0.1, -0.05) is 44.4 Å². The first-order chi connectivity index (χ1) is 9.21. The number of nitrogens with zero attached hydrogens (tertiary/aromatic N) is 2. The average molecular weight is 273 g/mol. The lowest BCUT2D eigenvalue weighted by Gasteiger charge is -2.32. The van der Waals surface area contributed by atoms with Gasteiger partial charge in [0.1, 0.15) is 5.82 Å². The van der Waals surface area contributed by atoms with E-state index in [0.29, 0.717) is 4.77 Å². The Bertz CT molecular complexity index is 606. The second-order valence-corrected chi connectivity index (χ2v) is 6.03. The molecule has 0 bridgehead atoms. The average Bonchev–Trinajstić information content (AvgIpc) is 2.83. The van der Waals surface area contributed by atoms with Gasteiger partial charge in [-0.25, -0.2) is 0 Å². The Morgan fingerprint density at radius 1 is 1.16 bits per heavy atom. The Balaban J connectivity index is 2.11. The van der Waals surface area contributed by atoms with Crippen molar-refractivity contribution in [3.05, 3.63) is 40.9 Å². The first-order valence-electron chi connectivity index (χ1n) is 6.94. The van der Waals surface area contributed by atoms with E-state index in [1.54, 1.807) is 0 Å². The number of H-pyrrole nitrogens is 1. The predicted molar refractivity (Wildman–Crippen MR) is 79.2 cm³/mol. The Morgan fingerprint density at radius 2 is 1.84 bits per heavy atom. The van der Waals surface area contributed by atoms with Crippen molar-refractivity contribution in [3.63, 3.8) is 0 Å². The van der Waals surface area contributed by atoms with Crippen LogP contribution in [0.2, 0.25) is 0 Å². The van der Waals surface area contributed by atoms with Crippen LogP contribution in [0, 0.1) is 4.77 Å². The van der Waals surface area contributed by atoms with E-state index < -0.39 is 0 Å². The maximum atomic E-state index is 5.42. The highest BCUT2D eigenvalue weighted by molar-refractivity contribution is 7.71. The fourth-order valence-electron chi connectivity index (χ4n) is 3.07. The second-order valence-electron chi connectivity index (χ2n) is 5.64. The van der Waals surface area contributed by atoms with Gasteiger partial charge in [0.25, 0.3) is 0 Å². The zero-order valence-electron chi connectivity index (χ0n) is 11.2. The van der Waals surface area contributed by atoms with Crippen LogP contribution in [-0.2, 0) is 5.41 Å². The van der Waals surface area contributed by atoms with Crippen molar-refractivity contribution in [1.82, 2.24) is 14.8 Å². The fraction of sp³-hybridized carbons (Fsp3) is 0.467. The number of aromatic amines is 1. The van der Waals surface area contributed by atoms with Crippen LogP contribution in [0.3, 0.4) is 0 Å². The molecule has 1 saturated carbocycles. The molecule has 1 heterocycles. The van der Waals surface area contributed by atoms with Crippen molar-refractivity contribution in [2.75, 3.05) is 0 Å². The number of nitrogens with one attached hydrogen (secondary N) is 1.